The van der Waals surface area contributed by atoms with Crippen LogP contribution in [0.5, 0.6) is 11.5 Å². The van der Waals surface area contributed by atoms with Crippen LogP contribution in [0.3, 0.4) is 0 Å². The molecule has 258 valence electrons. The normalized spacial score (nSPS) is 42.4. The molecule has 2 saturated carbocycles. The minimum atomic E-state index is -1.69. The van der Waals surface area contributed by atoms with Gasteiger partial charge in [0.05, 0.1) is 29.8 Å². The first-order valence-corrected chi connectivity index (χ1v) is 16.4. The molecule has 0 spiro atoms. The Kier molecular flexibility index (Phi) is 9.04. The molecular formula is C35H52O11. The third-order valence-electron chi connectivity index (χ3n) is 12.7. The van der Waals surface area contributed by atoms with Crippen LogP contribution in [0.4, 0.5) is 0 Å². The molecule has 3 fully saturated rings. The highest BCUT2D eigenvalue weighted by Gasteiger charge is 2.73. The van der Waals surface area contributed by atoms with Gasteiger partial charge in [0.2, 0.25) is 6.29 Å². The zero-order chi connectivity index (χ0) is 34.3. The van der Waals surface area contributed by atoms with E-state index in [0.717, 1.165) is 11.1 Å². The van der Waals surface area contributed by atoms with E-state index in [1.807, 2.05) is 20.8 Å². The summed E-state index contributed by atoms with van der Waals surface area (Å²) < 4.78 is 11.4. The maximum Gasteiger partial charge on any atom is 0.229 e. The quantitative estimate of drug-likeness (QED) is 0.190. The number of phenolic OH excluding ortho intramolecular Hbond substituents is 1. The number of phenols is 1. The summed E-state index contributed by atoms with van der Waals surface area (Å²) in [6.45, 7) is 14.3. The van der Waals surface area contributed by atoms with Gasteiger partial charge in [-0.2, -0.15) is 0 Å². The van der Waals surface area contributed by atoms with Gasteiger partial charge in [-0.3, -0.25) is 4.79 Å². The summed E-state index contributed by atoms with van der Waals surface area (Å²) in [5.74, 6) is -1.43. The minimum Gasteiger partial charge on any atom is -0.504 e. The molecule has 46 heavy (non-hydrogen) atoms. The Bertz CT molecular complexity index is 1370. The lowest BCUT2D eigenvalue weighted by Crippen LogP contribution is -2.64. The molecule has 3 aliphatic carbocycles. The van der Waals surface area contributed by atoms with Gasteiger partial charge in [-0.25, -0.2) is 0 Å². The number of carbonyl (C=O) groups is 1. The van der Waals surface area contributed by atoms with E-state index in [0.29, 0.717) is 36.8 Å². The topological polar surface area (TPSA) is 197 Å². The van der Waals surface area contributed by atoms with E-state index in [1.54, 1.807) is 19.9 Å². The number of ketones is 1. The number of aliphatic hydroxyl groups excluding tert-OH is 6. The smallest absolute Gasteiger partial charge is 0.229 e. The van der Waals surface area contributed by atoms with E-state index in [2.05, 4.69) is 13.5 Å². The van der Waals surface area contributed by atoms with Gasteiger partial charge in [-0.15, -0.1) is 6.58 Å². The summed E-state index contributed by atoms with van der Waals surface area (Å²) >= 11 is 0. The summed E-state index contributed by atoms with van der Waals surface area (Å²) in [7, 11) is 0. The van der Waals surface area contributed by atoms with Crippen molar-refractivity contribution in [1.29, 1.82) is 0 Å². The molecule has 0 unspecified atom stereocenters. The number of aromatic hydroxyl groups is 1. The van der Waals surface area contributed by atoms with Gasteiger partial charge in [-0.1, -0.05) is 19.4 Å². The van der Waals surface area contributed by atoms with Gasteiger partial charge in [-0.05, 0) is 99.3 Å². The second-order valence-electron chi connectivity index (χ2n) is 15.4. The molecule has 13 atom stereocenters. The number of Topliss-reactive ketones (excluding diaryl/α,β-unsaturated/α-hetero) is 1. The Morgan fingerprint density at radius 3 is 2.41 bits per heavy atom. The van der Waals surface area contributed by atoms with Crippen LogP contribution in [0.1, 0.15) is 83.4 Å². The molecule has 1 aromatic rings. The fourth-order valence-corrected chi connectivity index (χ4v) is 9.90. The molecule has 5 rings (SSSR count). The van der Waals surface area contributed by atoms with Crippen LogP contribution in [0.2, 0.25) is 0 Å². The summed E-state index contributed by atoms with van der Waals surface area (Å²) in [5.41, 5.74) is -1.38. The summed E-state index contributed by atoms with van der Waals surface area (Å²) in [6.07, 6.45) is -7.48. The first kappa shape index (κ1) is 35.2. The van der Waals surface area contributed by atoms with Crippen molar-refractivity contribution in [3.8, 4) is 11.5 Å². The average molecular weight is 649 g/mol. The lowest BCUT2D eigenvalue weighted by Gasteiger charge is -2.62. The van der Waals surface area contributed by atoms with Crippen molar-refractivity contribution in [3.05, 3.63) is 34.9 Å². The summed E-state index contributed by atoms with van der Waals surface area (Å²) in [6, 6.07) is 1.58. The second kappa shape index (κ2) is 11.8. The van der Waals surface area contributed by atoms with Crippen LogP contribution in [0.15, 0.2) is 18.2 Å². The van der Waals surface area contributed by atoms with Crippen molar-refractivity contribution in [2.75, 3.05) is 6.61 Å². The fraction of sp³-hybridized carbons (Fsp3) is 0.743. The number of carbonyl (C=O) groups excluding carboxylic acids is 1. The van der Waals surface area contributed by atoms with Crippen molar-refractivity contribution in [2.24, 2.45) is 22.7 Å². The van der Waals surface area contributed by atoms with Gasteiger partial charge in [0.1, 0.15) is 30.2 Å². The fourth-order valence-electron chi connectivity index (χ4n) is 9.90. The van der Waals surface area contributed by atoms with E-state index in [9.17, 15) is 45.6 Å². The van der Waals surface area contributed by atoms with Crippen LogP contribution >= 0.6 is 0 Å². The predicted octanol–water partition coefficient (Wildman–Crippen LogP) is 1.53. The largest absolute Gasteiger partial charge is 0.504 e. The van der Waals surface area contributed by atoms with Crippen molar-refractivity contribution in [2.45, 2.75) is 134 Å². The lowest BCUT2D eigenvalue weighted by molar-refractivity contribution is -0.277. The molecule has 1 aromatic carbocycles. The second-order valence-corrected chi connectivity index (χ2v) is 15.4. The van der Waals surface area contributed by atoms with Crippen LogP contribution in [0.25, 0.3) is 0 Å². The third-order valence-corrected chi connectivity index (χ3v) is 12.7. The maximum atomic E-state index is 14.6. The molecule has 0 aromatic heterocycles. The number of ether oxygens (including phenoxy) is 2. The van der Waals surface area contributed by atoms with E-state index < -0.39 is 77.3 Å². The molecule has 1 heterocycles. The van der Waals surface area contributed by atoms with Crippen LogP contribution < -0.4 is 4.74 Å². The molecule has 1 saturated heterocycles. The van der Waals surface area contributed by atoms with Crippen LogP contribution in [-0.2, 0) is 21.4 Å². The van der Waals surface area contributed by atoms with Gasteiger partial charge in [0, 0.05) is 12.3 Å². The minimum absolute atomic E-state index is 0.0455. The molecular weight excluding hydrogens is 596 g/mol. The number of hydrogen-bond acceptors (Lipinski definition) is 11. The number of benzene rings is 1. The first-order chi connectivity index (χ1) is 21.3. The molecule has 0 radical (unpaired) electrons. The summed E-state index contributed by atoms with van der Waals surface area (Å²) in [5, 5.41) is 86.6. The highest BCUT2D eigenvalue weighted by molar-refractivity contribution is 5.93. The number of allylic oxidation sites excluding steroid dienone is 1. The Balaban J connectivity index is 1.54. The standard InChI is InChI=1S/C35H52O11/c1-16(2)8-11-24(38)35(7,44)30-20(37)13-32(4)23-10-9-18-17(3)26(40)21(12-19(18)34(23,6)25(39)14-33(30,32)5)45-31-29(43)28(42)27(41)22(15-36)46-31/h12,20,22-24,27-31,36-38,40-44H,1,8-11,13-15H2,2-7H3/t20-,22-,23-,24+,27-,28+,29-,30+,31-,32+,33-,34+,35+/m1/s1. The third kappa shape index (κ3) is 4.96. The van der Waals surface area contributed by atoms with Gasteiger partial charge in [0.25, 0.3) is 0 Å². The first-order valence-electron chi connectivity index (χ1n) is 16.4. The van der Waals surface area contributed by atoms with Crippen LogP contribution in [0, 0.1) is 29.6 Å². The molecule has 11 heteroatoms. The molecule has 0 amide bonds. The SMILES string of the molecule is C=C(C)CC[C@H](O)[C@](C)(O)[C@H]1[C@H](O)C[C@@]2(C)[C@H]3CCc4c(cc(O[C@@H]5O[C@H](CO)[C@@H](O)[C@H](O)[C@H]5O)c(O)c4C)[C@]3(C)C(=O)C[C@]12C. The number of rotatable bonds is 8. The van der Waals surface area contributed by atoms with Crippen molar-refractivity contribution in [3.63, 3.8) is 0 Å². The van der Waals surface area contributed by atoms with Gasteiger partial charge >= 0.3 is 0 Å². The Hall–Kier alpha value is -2.09. The summed E-state index contributed by atoms with van der Waals surface area (Å²) in [4.78, 5) is 14.6. The van der Waals surface area contributed by atoms with Crippen molar-refractivity contribution >= 4 is 5.78 Å². The Morgan fingerprint density at radius 2 is 1.80 bits per heavy atom. The molecule has 8 N–H and O–H groups in total. The molecule has 1 aliphatic heterocycles. The monoisotopic (exact) mass is 648 g/mol. The van der Waals surface area contributed by atoms with E-state index >= 15 is 0 Å². The lowest BCUT2D eigenvalue weighted by atomic mass is 9.41. The van der Waals surface area contributed by atoms with Crippen LogP contribution in [-0.4, -0.2) is 102 Å². The van der Waals surface area contributed by atoms with Gasteiger partial charge in [0.15, 0.2) is 11.5 Å². The number of aliphatic hydroxyl groups is 7. The van der Waals surface area contributed by atoms with Gasteiger partial charge < -0.3 is 50.3 Å². The Labute approximate surface area is 270 Å². The predicted molar refractivity (Wildman–Crippen MR) is 167 cm³/mol. The van der Waals surface area contributed by atoms with E-state index in [1.165, 1.54) is 0 Å². The number of fused-ring (bicyclic) bond motifs is 5. The highest BCUT2D eigenvalue weighted by Crippen LogP contribution is 2.72. The highest BCUT2D eigenvalue weighted by atomic mass is 16.7. The van der Waals surface area contributed by atoms with E-state index in [4.69, 9.17) is 9.47 Å². The maximum absolute atomic E-state index is 14.6. The zero-order valence-corrected chi connectivity index (χ0v) is 27.7. The van der Waals surface area contributed by atoms with E-state index in [-0.39, 0.29) is 36.0 Å². The average Bonchev–Trinajstić information content (AvgIpc) is 3.19. The Morgan fingerprint density at radius 1 is 1.15 bits per heavy atom. The van der Waals surface area contributed by atoms with Crippen molar-refractivity contribution < 1.29 is 55.1 Å². The number of hydrogen-bond donors (Lipinski definition) is 8. The molecule has 4 aliphatic rings. The molecule has 0 bridgehead atoms. The molecule has 11 nitrogen and oxygen atoms in total. The van der Waals surface area contributed by atoms with Crippen molar-refractivity contribution in [1.82, 2.24) is 0 Å². The zero-order valence-electron chi connectivity index (χ0n) is 27.7.